The summed E-state index contributed by atoms with van der Waals surface area (Å²) >= 11 is 0. The SMILES string of the molecule is CCC.CCC(NC(=O)CNC)c1cc(-c2c(C)cc(C)cc2C)cc(F)c1F.O=CO.O=Cc1cccn(CC2CNC2)c1=O. The molecule has 0 bridgehead atoms. The number of carbonyl (C=O) groups is 3. The molecule has 1 aliphatic rings. The molecule has 1 aliphatic heterocycles. The lowest BCUT2D eigenvalue weighted by Crippen LogP contribution is -2.45. The number of aryl methyl sites for hydroxylation is 3. The number of carbonyl (C=O) groups excluding carboxylic acids is 2. The molecule has 1 atom stereocenters. The van der Waals surface area contributed by atoms with Gasteiger partial charge in [0, 0.05) is 37.3 Å². The topological polar surface area (TPSA) is 130 Å². The molecule has 2 aromatic carbocycles. The van der Waals surface area contributed by atoms with Gasteiger partial charge in [0.15, 0.2) is 17.9 Å². The van der Waals surface area contributed by atoms with Gasteiger partial charge in [-0.2, -0.15) is 0 Å². The highest BCUT2D eigenvalue weighted by molar-refractivity contribution is 5.79. The first-order chi connectivity index (χ1) is 21.9. The lowest BCUT2D eigenvalue weighted by atomic mass is 9.91. The molecule has 0 radical (unpaired) electrons. The number of aromatic nitrogens is 1. The minimum atomic E-state index is -0.909. The summed E-state index contributed by atoms with van der Waals surface area (Å²) < 4.78 is 30.5. The minimum Gasteiger partial charge on any atom is -0.483 e. The van der Waals surface area contributed by atoms with Crippen LogP contribution >= 0.6 is 0 Å². The van der Waals surface area contributed by atoms with E-state index in [1.54, 1.807) is 36.0 Å². The van der Waals surface area contributed by atoms with Crippen LogP contribution in [0.5, 0.6) is 0 Å². The second kappa shape index (κ2) is 20.7. The van der Waals surface area contributed by atoms with Crippen molar-refractivity contribution in [3.8, 4) is 11.1 Å². The van der Waals surface area contributed by atoms with Crippen LogP contribution in [0.15, 0.2) is 47.4 Å². The van der Waals surface area contributed by atoms with Crippen LogP contribution in [-0.4, -0.2) is 55.0 Å². The Morgan fingerprint density at radius 3 is 2.15 bits per heavy atom. The summed E-state index contributed by atoms with van der Waals surface area (Å²) in [5, 5.41) is 15.5. The highest BCUT2D eigenvalue weighted by Crippen LogP contribution is 2.33. The molecule has 1 aromatic heterocycles. The first-order valence-corrected chi connectivity index (χ1v) is 15.4. The Labute approximate surface area is 270 Å². The van der Waals surface area contributed by atoms with E-state index in [4.69, 9.17) is 9.90 Å². The predicted octanol–water partition coefficient (Wildman–Crippen LogP) is 5.34. The zero-order valence-corrected chi connectivity index (χ0v) is 27.9. The lowest BCUT2D eigenvalue weighted by Gasteiger charge is -2.27. The van der Waals surface area contributed by atoms with Gasteiger partial charge in [0.2, 0.25) is 5.91 Å². The summed E-state index contributed by atoms with van der Waals surface area (Å²) in [5.74, 6) is -1.55. The molecule has 4 N–H and O–H groups in total. The van der Waals surface area contributed by atoms with Crippen LogP contribution in [-0.2, 0) is 16.1 Å². The molecule has 9 nitrogen and oxygen atoms in total. The first kappa shape index (κ1) is 39.8. The van der Waals surface area contributed by atoms with Gasteiger partial charge in [-0.3, -0.25) is 19.2 Å². The minimum absolute atomic E-state index is 0.121. The Balaban J connectivity index is 0.000000440. The normalized spacial score (nSPS) is 12.5. The van der Waals surface area contributed by atoms with Crippen molar-refractivity contribution in [1.82, 2.24) is 20.5 Å². The molecule has 0 spiro atoms. The monoisotopic (exact) mass is 642 g/mol. The van der Waals surface area contributed by atoms with Crippen LogP contribution in [0.1, 0.15) is 72.3 Å². The van der Waals surface area contributed by atoms with Gasteiger partial charge >= 0.3 is 0 Å². The zero-order chi connectivity index (χ0) is 34.8. The number of carboxylic acid groups (broad SMARTS) is 1. The third-order valence-electron chi connectivity index (χ3n) is 6.98. The van der Waals surface area contributed by atoms with Gasteiger partial charge in [0.25, 0.3) is 12.0 Å². The number of rotatable bonds is 9. The van der Waals surface area contributed by atoms with Crippen molar-refractivity contribution in [2.75, 3.05) is 26.7 Å². The molecule has 11 heteroatoms. The highest BCUT2D eigenvalue weighted by atomic mass is 19.2. The predicted molar refractivity (Wildman–Crippen MR) is 178 cm³/mol. The summed E-state index contributed by atoms with van der Waals surface area (Å²) in [6.45, 7) is 14.5. The van der Waals surface area contributed by atoms with Crippen molar-refractivity contribution in [2.24, 2.45) is 5.92 Å². The fourth-order valence-corrected chi connectivity index (χ4v) is 4.99. The molecule has 46 heavy (non-hydrogen) atoms. The Morgan fingerprint density at radius 2 is 1.67 bits per heavy atom. The number of aldehydes is 1. The van der Waals surface area contributed by atoms with Gasteiger partial charge in [-0.25, -0.2) is 8.78 Å². The zero-order valence-electron chi connectivity index (χ0n) is 27.9. The maximum absolute atomic E-state index is 14.5. The van der Waals surface area contributed by atoms with E-state index in [0.29, 0.717) is 30.7 Å². The van der Waals surface area contributed by atoms with E-state index in [-0.39, 0.29) is 35.6 Å². The number of hydrogen-bond acceptors (Lipinski definition) is 6. The number of pyridine rings is 1. The molecule has 1 saturated heterocycles. The average molecular weight is 643 g/mol. The molecular formula is C35H48F2N4O5. The molecule has 3 aromatic rings. The number of nitrogens with one attached hydrogen (secondary N) is 3. The fraction of sp³-hybridized carbons (Fsp3) is 0.429. The molecule has 0 saturated carbocycles. The summed E-state index contributed by atoms with van der Waals surface area (Å²) in [7, 11) is 1.66. The number of nitrogens with zero attached hydrogens (tertiary/aromatic N) is 1. The third-order valence-corrected chi connectivity index (χ3v) is 6.98. The highest BCUT2D eigenvalue weighted by Gasteiger charge is 2.22. The molecule has 1 unspecified atom stereocenters. The molecule has 4 rings (SSSR count). The van der Waals surface area contributed by atoms with E-state index in [2.05, 4.69) is 29.8 Å². The van der Waals surface area contributed by atoms with E-state index >= 15 is 0 Å². The first-order valence-electron chi connectivity index (χ1n) is 15.4. The van der Waals surface area contributed by atoms with Gasteiger partial charge in [-0.15, -0.1) is 0 Å². The van der Waals surface area contributed by atoms with Crippen LogP contribution in [0.3, 0.4) is 0 Å². The lowest BCUT2D eigenvalue weighted by molar-refractivity contribution is -0.123. The third kappa shape index (κ3) is 11.9. The average Bonchev–Trinajstić information content (AvgIpc) is 2.97. The number of amides is 1. The Kier molecular flexibility index (Phi) is 17.9. The van der Waals surface area contributed by atoms with Crippen LogP contribution in [0.2, 0.25) is 0 Å². The maximum Gasteiger partial charge on any atom is 0.290 e. The summed E-state index contributed by atoms with van der Waals surface area (Å²) in [5.41, 5.74) is 4.87. The largest absolute Gasteiger partial charge is 0.483 e. The molecule has 1 fully saturated rings. The van der Waals surface area contributed by atoms with Crippen LogP contribution in [0.25, 0.3) is 11.1 Å². The molecule has 1 amide bonds. The smallest absolute Gasteiger partial charge is 0.290 e. The van der Waals surface area contributed by atoms with Crippen LogP contribution in [0, 0.1) is 38.3 Å². The Hall–Kier alpha value is -4.22. The van der Waals surface area contributed by atoms with E-state index < -0.39 is 17.7 Å². The van der Waals surface area contributed by atoms with E-state index in [0.717, 1.165) is 35.3 Å². The molecule has 252 valence electrons. The van der Waals surface area contributed by atoms with Gasteiger partial charge in [0.05, 0.1) is 18.2 Å². The number of hydrogen-bond donors (Lipinski definition) is 4. The standard InChI is InChI=1S/C21H26F2N2O.C10H12N2O2.C3H8.CH2O2/c1-6-18(25-19(26)11-24-5)16-9-15(10-17(22)21(16)23)20-13(3)7-12(2)8-14(20)4;13-7-9-2-1-3-12(10(9)14)6-8-4-11-5-8;1-3-2;2-1-3/h7-10,18,24H,6,11H2,1-5H3,(H,25,26);1-3,7-8,11H,4-6H2;3H2,1-2H3;1H,(H,2,3). The van der Waals surface area contributed by atoms with Crippen molar-refractivity contribution in [2.45, 2.75) is 67.0 Å². The van der Waals surface area contributed by atoms with E-state index in [1.807, 2.05) is 39.8 Å². The van der Waals surface area contributed by atoms with Gasteiger partial charge < -0.3 is 25.6 Å². The molecular weight excluding hydrogens is 594 g/mol. The van der Waals surface area contributed by atoms with E-state index in [1.165, 1.54) is 12.5 Å². The Morgan fingerprint density at radius 1 is 1.09 bits per heavy atom. The van der Waals surface area contributed by atoms with Crippen molar-refractivity contribution in [1.29, 1.82) is 0 Å². The summed E-state index contributed by atoms with van der Waals surface area (Å²) in [4.78, 5) is 42.4. The Bertz CT molecular complexity index is 1470. The number of benzene rings is 2. The van der Waals surface area contributed by atoms with Crippen LogP contribution in [0.4, 0.5) is 8.78 Å². The molecule has 2 heterocycles. The van der Waals surface area contributed by atoms with Gasteiger partial charge in [-0.05, 0) is 80.8 Å². The molecule has 0 aliphatic carbocycles. The van der Waals surface area contributed by atoms with Gasteiger partial charge in [-0.1, -0.05) is 44.9 Å². The number of likely N-dealkylation sites (N-methyl/N-ethyl adjacent to an activating group) is 1. The van der Waals surface area contributed by atoms with E-state index in [9.17, 15) is 23.2 Å². The van der Waals surface area contributed by atoms with Crippen molar-refractivity contribution >= 4 is 18.7 Å². The van der Waals surface area contributed by atoms with Crippen molar-refractivity contribution in [3.05, 3.63) is 92.4 Å². The summed E-state index contributed by atoms with van der Waals surface area (Å²) in [6.07, 6.45) is 4.05. The van der Waals surface area contributed by atoms with Gasteiger partial charge in [0.1, 0.15) is 0 Å². The maximum atomic E-state index is 14.5. The quantitative estimate of drug-likeness (QED) is 0.232. The van der Waals surface area contributed by atoms with Crippen molar-refractivity contribution in [3.63, 3.8) is 0 Å². The summed E-state index contributed by atoms with van der Waals surface area (Å²) in [6, 6.07) is 9.62. The second-order valence-corrected chi connectivity index (χ2v) is 11.1. The second-order valence-electron chi connectivity index (χ2n) is 11.1. The number of halogens is 2. The fourth-order valence-electron chi connectivity index (χ4n) is 4.99. The van der Waals surface area contributed by atoms with Crippen LogP contribution < -0.4 is 21.5 Å². The van der Waals surface area contributed by atoms with Crippen molar-refractivity contribution < 1.29 is 28.3 Å².